The Kier molecular flexibility index (Phi) is 11.6. The third kappa shape index (κ3) is 9.03. The molecule has 3 aromatic rings. The summed E-state index contributed by atoms with van der Waals surface area (Å²) in [5, 5.41) is 12.5. The van der Waals surface area contributed by atoms with E-state index in [4.69, 9.17) is 28.4 Å². The van der Waals surface area contributed by atoms with Crippen LogP contribution in [-0.2, 0) is 28.7 Å². The second-order valence-electron chi connectivity index (χ2n) is 8.88. The lowest BCUT2D eigenvalue weighted by molar-refractivity contribution is -0.157. The van der Waals surface area contributed by atoms with Crippen molar-refractivity contribution in [1.82, 2.24) is 0 Å². The topological polar surface area (TPSA) is 190 Å². The number of nitrogens with one attached hydrogen (secondary N) is 1. The van der Waals surface area contributed by atoms with E-state index in [1.807, 2.05) is 0 Å². The van der Waals surface area contributed by atoms with E-state index in [1.54, 1.807) is 18.2 Å². The summed E-state index contributed by atoms with van der Waals surface area (Å²) in [5.41, 5.74) is -0.268. The van der Waals surface area contributed by atoms with Crippen LogP contribution in [0.15, 0.2) is 65.1 Å². The number of ether oxygens (including phenoxy) is 6. The molecule has 0 unspecified atom stereocenters. The van der Waals surface area contributed by atoms with E-state index in [0.717, 1.165) is 26.0 Å². The van der Waals surface area contributed by atoms with Crippen molar-refractivity contribution in [2.75, 3.05) is 19.5 Å². The van der Waals surface area contributed by atoms with Crippen LogP contribution in [-0.4, -0.2) is 67.3 Å². The molecule has 236 valence electrons. The molecule has 2 N–H and O–H groups in total. The highest BCUT2D eigenvalue weighted by molar-refractivity contribution is 9.10. The summed E-state index contributed by atoms with van der Waals surface area (Å²) in [6.45, 7) is 2.32. The zero-order valence-corrected chi connectivity index (χ0v) is 25.7. The standard InChI is InChI=1S/C30H26BrNO13/c1-15(33)42-21-11-9-17(13-23(21)40-3)29(38)44-25(27(35)32-20-8-6-5-7-19(20)31)26(28(36)37)45-30(39)18-10-12-22(43-16(2)34)24(14-18)41-4/h5-14,25-26H,1-4H3,(H,32,35)(H,36,37)/t25-,26-/m1/s1. The second-order valence-corrected chi connectivity index (χ2v) is 9.73. The number of carbonyl (C=O) groups excluding carboxylic acids is 5. The fourth-order valence-electron chi connectivity index (χ4n) is 3.70. The number of hydrogen-bond donors (Lipinski definition) is 2. The van der Waals surface area contributed by atoms with E-state index in [0.29, 0.717) is 4.47 Å². The summed E-state index contributed by atoms with van der Waals surface area (Å²) in [7, 11) is 2.49. The molecule has 45 heavy (non-hydrogen) atoms. The fourth-order valence-corrected chi connectivity index (χ4v) is 4.08. The first-order valence-corrected chi connectivity index (χ1v) is 13.6. The molecule has 0 aliphatic heterocycles. The number of carbonyl (C=O) groups is 6. The summed E-state index contributed by atoms with van der Waals surface area (Å²) in [6, 6.07) is 13.4. The van der Waals surface area contributed by atoms with Gasteiger partial charge < -0.3 is 38.8 Å². The first kappa shape index (κ1) is 34.1. The third-order valence-electron chi connectivity index (χ3n) is 5.68. The number of hydrogen-bond acceptors (Lipinski definition) is 12. The number of rotatable bonds is 12. The SMILES string of the molecule is COc1cc(C(=O)O[C@@H](C(=O)O)[C@@H](OC(=O)c2ccc(OC(C)=O)c(OC)c2)C(=O)Nc2ccccc2Br)ccc1OC(C)=O. The van der Waals surface area contributed by atoms with Gasteiger partial charge in [0.2, 0.25) is 12.2 Å². The fraction of sp³-hybridized carbons (Fsp3) is 0.200. The van der Waals surface area contributed by atoms with E-state index in [1.165, 1.54) is 44.6 Å². The molecule has 0 aliphatic carbocycles. The Labute approximate surface area is 264 Å². The minimum atomic E-state index is -2.36. The number of carboxylic acids is 1. The quantitative estimate of drug-likeness (QED) is 0.207. The highest BCUT2D eigenvalue weighted by Crippen LogP contribution is 2.31. The number of anilines is 1. The minimum absolute atomic E-state index is 0.0164. The van der Waals surface area contributed by atoms with Crippen LogP contribution in [0.5, 0.6) is 23.0 Å². The van der Waals surface area contributed by atoms with E-state index in [2.05, 4.69) is 21.2 Å². The predicted molar refractivity (Wildman–Crippen MR) is 157 cm³/mol. The monoisotopic (exact) mass is 687 g/mol. The number of benzene rings is 3. The van der Waals surface area contributed by atoms with Gasteiger partial charge in [-0.1, -0.05) is 12.1 Å². The summed E-state index contributed by atoms with van der Waals surface area (Å²) in [5.74, 6) is -6.86. The molecule has 0 saturated heterocycles. The molecule has 0 heterocycles. The van der Waals surface area contributed by atoms with Gasteiger partial charge in [-0.15, -0.1) is 0 Å². The molecule has 0 aromatic heterocycles. The Morgan fingerprint density at radius 2 is 1.16 bits per heavy atom. The van der Waals surface area contributed by atoms with E-state index >= 15 is 0 Å². The summed E-state index contributed by atoms with van der Waals surface area (Å²) < 4.78 is 31.2. The van der Waals surface area contributed by atoms with Crippen LogP contribution in [0.2, 0.25) is 0 Å². The van der Waals surface area contributed by atoms with Gasteiger partial charge >= 0.3 is 29.8 Å². The molecule has 0 aliphatic rings. The molecule has 2 atom stereocenters. The Balaban J connectivity index is 1.98. The van der Waals surface area contributed by atoms with Crippen LogP contribution in [0, 0.1) is 0 Å². The van der Waals surface area contributed by atoms with Crippen molar-refractivity contribution in [3.8, 4) is 23.0 Å². The zero-order chi connectivity index (χ0) is 33.3. The lowest BCUT2D eigenvalue weighted by Gasteiger charge is -2.24. The molecule has 0 bridgehead atoms. The predicted octanol–water partition coefficient (Wildman–Crippen LogP) is 3.79. The molecule has 0 saturated carbocycles. The smallest absolute Gasteiger partial charge is 0.349 e. The van der Waals surface area contributed by atoms with E-state index in [9.17, 15) is 33.9 Å². The van der Waals surface area contributed by atoms with Gasteiger partial charge in [-0.25, -0.2) is 14.4 Å². The largest absolute Gasteiger partial charge is 0.493 e. The first-order chi connectivity index (χ1) is 21.3. The van der Waals surface area contributed by atoms with Crippen molar-refractivity contribution in [2.45, 2.75) is 26.1 Å². The first-order valence-electron chi connectivity index (χ1n) is 12.8. The van der Waals surface area contributed by atoms with E-state index < -0.39 is 48.0 Å². The van der Waals surface area contributed by atoms with Crippen LogP contribution in [0.4, 0.5) is 5.69 Å². The number of halogens is 1. The molecule has 15 heteroatoms. The van der Waals surface area contributed by atoms with Gasteiger partial charge in [0.1, 0.15) is 0 Å². The maximum absolute atomic E-state index is 13.4. The van der Waals surface area contributed by atoms with Crippen molar-refractivity contribution < 1.29 is 62.3 Å². The number of carboxylic acid groups (broad SMARTS) is 1. The summed E-state index contributed by atoms with van der Waals surface area (Å²) in [4.78, 5) is 74.8. The highest BCUT2D eigenvalue weighted by atomic mass is 79.9. The lowest BCUT2D eigenvalue weighted by atomic mass is 10.1. The van der Waals surface area contributed by atoms with Crippen LogP contribution < -0.4 is 24.3 Å². The van der Waals surface area contributed by atoms with Gasteiger partial charge in [-0.2, -0.15) is 0 Å². The van der Waals surface area contributed by atoms with Crippen molar-refractivity contribution in [3.63, 3.8) is 0 Å². The molecular formula is C30H26BrNO13. The molecule has 3 rings (SSSR count). The van der Waals surface area contributed by atoms with Gasteiger partial charge in [0.25, 0.3) is 5.91 Å². The average Bonchev–Trinajstić information content (AvgIpc) is 2.99. The number of amides is 1. The van der Waals surface area contributed by atoms with Crippen LogP contribution in [0.3, 0.4) is 0 Å². The average molecular weight is 688 g/mol. The number of aliphatic carboxylic acids is 1. The molecule has 14 nitrogen and oxygen atoms in total. The second kappa shape index (κ2) is 15.3. The molecule has 3 aromatic carbocycles. The van der Waals surface area contributed by atoms with Gasteiger partial charge in [-0.05, 0) is 64.5 Å². The lowest BCUT2D eigenvalue weighted by Crippen LogP contribution is -2.48. The number of methoxy groups -OCH3 is 2. The maximum atomic E-state index is 13.4. The number of para-hydroxylation sites is 1. The van der Waals surface area contributed by atoms with Crippen molar-refractivity contribution >= 4 is 57.4 Å². The Bertz CT molecular complexity index is 1640. The molecule has 1 amide bonds. The highest BCUT2D eigenvalue weighted by Gasteiger charge is 2.41. The Morgan fingerprint density at radius 1 is 0.689 bits per heavy atom. The molecular weight excluding hydrogens is 662 g/mol. The van der Waals surface area contributed by atoms with Crippen LogP contribution >= 0.6 is 15.9 Å². The van der Waals surface area contributed by atoms with Gasteiger partial charge in [0.05, 0.1) is 31.0 Å². The Morgan fingerprint density at radius 3 is 1.58 bits per heavy atom. The van der Waals surface area contributed by atoms with Gasteiger partial charge in [0, 0.05) is 18.3 Å². The minimum Gasteiger partial charge on any atom is -0.493 e. The maximum Gasteiger partial charge on any atom is 0.349 e. The molecule has 0 fully saturated rings. The third-order valence-corrected chi connectivity index (χ3v) is 6.37. The summed E-state index contributed by atoms with van der Waals surface area (Å²) >= 11 is 3.25. The van der Waals surface area contributed by atoms with Crippen LogP contribution in [0.1, 0.15) is 34.6 Å². The van der Waals surface area contributed by atoms with E-state index in [-0.39, 0.29) is 39.8 Å². The Hall–Kier alpha value is -5.44. The normalized spacial score (nSPS) is 11.7. The van der Waals surface area contributed by atoms with Crippen molar-refractivity contribution in [1.29, 1.82) is 0 Å². The summed E-state index contributed by atoms with van der Waals surface area (Å²) in [6.07, 6.45) is -4.59. The zero-order valence-electron chi connectivity index (χ0n) is 24.2. The number of esters is 4. The molecule has 0 radical (unpaired) electrons. The van der Waals surface area contributed by atoms with Gasteiger partial charge in [-0.3, -0.25) is 14.4 Å². The van der Waals surface area contributed by atoms with Crippen LogP contribution in [0.25, 0.3) is 0 Å². The van der Waals surface area contributed by atoms with Crippen molar-refractivity contribution in [2.24, 2.45) is 0 Å². The van der Waals surface area contributed by atoms with Gasteiger partial charge in [0.15, 0.2) is 23.0 Å². The molecule has 0 spiro atoms. The van der Waals surface area contributed by atoms with Crippen molar-refractivity contribution in [3.05, 3.63) is 76.3 Å².